The molecule has 156 valence electrons. The third-order valence-electron chi connectivity index (χ3n) is 6.37. The number of carbonyl (C=O) groups is 1. The van der Waals surface area contributed by atoms with Crippen molar-refractivity contribution in [2.45, 2.75) is 51.6 Å². The van der Waals surface area contributed by atoms with Crippen LogP contribution >= 0.6 is 0 Å². The lowest BCUT2D eigenvalue weighted by Gasteiger charge is -2.23. The molecule has 5 heteroatoms. The van der Waals surface area contributed by atoms with Crippen molar-refractivity contribution in [2.75, 3.05) is 13.1 Å². The molecule has 5 nitrogen and oxygen atoms in total. The minimum absolute atomic E-state index is 0.358. The van der Waals surface area contributed by atoms with Gasteiger partial charge in [0.25, 0.3) is 0 Å². The standard InChI is InChI=1S/C25H28N2O3/c1-24(2,3)30-23(28)18-8-9-20-21(14-18)29-22(27-20)17-6-4-16(5-7-17)19-15-25(19)10-12-26-13-11-25/h4-9,14,19,26H,10-13,15H2,1-3H3. The highest BCUT2D eigenvalue weighted by Gasteiger charge is 2.54. The van der Waals surface area contributed by atoms with Gasteiger partial charge in [-0.3, -0.25) is 0 Å². The van der Waals surface area contributed by atoms with Crippen molar-refractivity contribution < 1.29 is 13.9 Å². The van der Waals surface area contributed by atoms with Gasteiger partial charge in [-0.15, -0.1) is 0 Å². The molecule has 1 saturated heterocycles. The van der Waals surface area contributed by atoms with Crippen molar-refractivity contribution >= 4 is 17.1 Å². The summed E-state index contributed by atoms with van der Waals surface area (Å²) in [6, 6.07) is 13.9. The molecule has 1 aromatic heterocycles. The van der Waals surface area contributed by atoms with Crippen LogP contribution in [-0.2, 0) is 4.74 Å². The zero-order valence-corrected chi connectivity index (χ0v) is 17.8. The predicted octanol–water partition coefficient (Wildman–Crippen LogP) is 5.31. The van der Waals surface area contributed by atoms with Crippen LogP contribution in [0.2, 0.25) is 0 Å². The van der Waals surface area contributed by atoms with E-state index in [4.69, 9.17) is 9.15 Å². The molecule has 2 fully saturated rings. The molecule has 0 radical (unpaired) electrons. The van der Waals surface area contributed by atoms with Gasteiger partial charge in [0, 0.05) is 5.56 Å². The molecule has 1 saturated carbocycles. The quantitative estimate of drug-likeness (QED) is 0.600. The van der Waals surface area contributed by atoms with Crippen LogP contribution in [0.3, 0.4) is 0 Å². The van der Waals surface area contributed by atoms with Gasteiger partial charge in [0.05, 0.1) is 5.56 Å². The summed E-state index contributed by atoms with van der Waals surface area (Å²) in [4.78, 5) is 16.9. The lowest BCUT2D eigenvalue weighted by Crippen LogP contribution is -2.29. The Morgan fingerprint density at radius 3 is 2.57 bits per heavy atom. The predicted molar refractivity (Wildman–Crippen MR) is 117 cm³/mol. The molecule has 2 aromatic carbocycles. The zero-order valence-electron chi connectivity index (χ0n) is 17.8. The Morgan fingerprint density at radius 1 is 1.13 bits per heavy atom. The van der Waals surface area contributed by atoms with E-state index in [1.807, 2.05) is 20.8 Å². The first-order valence-corrected chi connectivity index (χ1v) is 10.8. The van der Waals surface area contributed by atoms with E-state index >= 15 is 0 Å². The van der Waals surface area contributed by atoms with Gasteiger partial charge in [0.15, 0.2) is 5.58 Å². The van der Waals surface area contributed by atoms with Gasteiger partial charge >= 0.3 is 5.97 Å². The maximum atomic E-state index is 12.3. The second-order valence-electron chi connectivity index (χ2n) is 9.69. The molecule has 1 N–H and O–H groups in total. The van der Waals surface area contributed by atoms with E-state index < -0.39 is 5.60 Å². The van der Waals surface area contributed by atoms with Gasteiger partial charge in [0.1, 0.15) is 11.1 Å². The van der Waals surface area contributed by atoms with E-state index in [1.165, 1.54) is 24.8 Å². The average molecular weight is 405 g/mol. The normalized spacial score (nSPS) is 20.4. The van der Waals surface area contributed by atoms with Crippen LogP contribution in [0.25, 0.3) is 22.6 Å². The Hall–Kier alpha value is -2.66. The van der Waals surface area contributed by atoms with Crippen molar-refractivity contribution in [1.29, 1.82) is 0 Å². The highest BCUT2D eigenvalue weighted by atomic mass is 16.6. The monoisotopic (exact) mass is 404 g/mol. The zero-order chi connectivity index (χ0) is 20.9. The molecule has 5 rings (SSSR count). The second kappa shape index (κ2) is 6.95. The van der Waals surface area contributed by atoms with Gasteiger partial charge in [-0.2, -0.15) is 0 Å². The highest BCUT2D eigenvalue weighted by molar-refractivity contribution is 5.93. The topological polar surface area (TPSA) is 64.4 Å². The van der Waals surface area contributed by atoms with Crippen LogP contribution in [0.5, 0.6) is 0 Å². The number of esters is 1. The van der Waals surface area contributed by atoms with Crippen LogP contribution < -0.4 is 5.32 Å². The number of nitrogens with zero attached hydrogens (tertiary/aromatic N) is 1. The molecule has 3 aromatic rings. The molecule has 2 heterocycles. The molecule has 2 aliphatic rings. The fraction of sp³-hybridized carbons (Fsp3) is 0.440. The number of fused-ring (bicyclic) bond motifs is 1. The summed E-state index contributed by atoms with van der Waals surface area (Å²) in [6.07, 6.45) is 3.87. The molecule has 1 aliphatic heterocycles. The smallest absolute Gasteiger partial charge is 0.338 e. The molecular weight excluding hydrogens is 376 g/mol. The summed E-state index contributed by atoms with van der Waals surface area (Å²) < 4.78 is 11.4. The Balaban J connectivity index is 1.35. The Bertz CT molecular complexity index is 1090. The maximum Gasteiger partial charge on any atom is 0.338 e. The molecule has 1 aliphatic carbocycles. The van der Waals surface area contributed by atoms with Crippen molar-refractivity contribution in [2.24, 2.45) is 5.41 Å². The van der Waals surface area contributed by atoms with E-state index in [0.29, 0.717) is 28.4 Å². The molecule has 1 unspecified atom stereocenters. The summed E-state index contributed by atoms with van der Waals surface area (Å²) in [5.74, 6) is 0.905. The van der Waals surface area contributed by atoms with E-state index in [0.717, 1.165) is 24.2 Å². The Morgan fingerprint density at radius 2 is 1.87 bits per heavy atom. The van der Waals surface area contributed by atoms with Gasteiger partial charge in [-0.1, -0.05) is 12.1 Å². The van der Waals surface area contributed by atoms with Crippen LogP contribution in [0.1, 0.15) is 61.9 Å². The number of oxazole rings is 1. The lowest BCUT2D eigenvalue weighted by atomic mass is 9.89. The van der Waals surface area contributed by atoms with E-state index in [-0.39, 0.29) is 5.97 Å². The SMILES string of the molecule is CC(C)(C)OC(=O)c1ccc2nc(-c3ccc(C4CC45CCNCC5)cc3)oc2c1. The number of nitrogens with one attached hydrogen (secondary N) is 1. The van der Waals surface area contributed by atoms with Gasteiger partial charge in [-0.05, 0) is 100 Å². The molecule has 1 atom stereocenters. The molecule has 0 bridgehead atoms. The summed E-state index contributed by atoms with van der Waals surface area (Å²) in [7, 11) is 0. The number of hydrogen-bond donors (Lipinski definition) is 1. The number of piperidine rings is 1. The Kier molecular flexibility index (Phi) is 4.47. The van der Waals surface area contributed by atoms with E-state index in [1.54, 1.807) is 18.2 Å². The number of carbonyl (C=O) groups excluding carboxylic acids is 1. The first kappa shape index (κ1) is 19.3. The minimum Gasteiger partial charge on any atom is -0.456 e. The minimum atomic E-state index is -0.533. The molecular formula is C25H28N2O3. The largest absolute Gasteiger partial charge is 0.456 e. The molecule has 30 heavy (non-hydrogen) atoms. The summed E-state index contributed by atoms with van der Waals surface area (Å²) >= 11 is 0. The summed E-state index contributed by atoms with van der Waals surface area (Å²) in [5, 5.41) is 3.47. The first-order chi connectivity index (χ1) is 14.3. The van der Waals surface area contributed by atoms with E-state index in [9.17, 15) is 4.79 Å². The number of aromatic nitrogens is 1. The van der Waals surface area contributed by atoms with Crippen LogP contribution in [0.4, 0.5) is 0 Å². The second-order valence-corrected chi connectivity index (χ2v) is 9.69. The van der Waals surface area contributed by atoms with Gasteiger partial charge < -0.3 is 14.5 Å². The van der Waals surface area contributed by atoms with Crippen LogP contribution in [0, 0.1) is 5.41 Å². The molecule has 0 amide bonds. The number of ether oxygens (including phenoxy) is 1. The third-order valence-corrected chi connectivity index (χ3v) is 6.37. The third kappa shape index (κ3) is 3.63. The summed E-state index contributed by atoms with van der Waals surface area (Å²) in [6.45, 7) is 7.85. The number of hydrogen-bond acceptors (Lipinski definition) is 5. The van der Waals surface area contributed by atoms with Crippen molar-refractivity contribution in [1.82, 2.24) is 10.3 Å². The average Bonchev–Trinajstić information content (AvgIpc) is 3.22. The van der Waals surface area contributed by atoms with Crippen molar-refractivity contribution in [3.8, 4) is 11.5 Å². The van der Waals surface area contributed by atoms with Crippen molar-refractivity contribution in [3.05, 3.63) is 53.6 Å². The maximum absolute atomic E-state index is 12.3. The Labute approximate surface area is 176 Å². The van der Waals surface area contributed by atoms with Crippen LogP contribution in [0.15, 0.2) is 46.9 Å². The van der Waals surface area contributed by atoms with Crippen LogP contribution in [-0.4, -0.2) is 29.6 Å². The van der Waals surface area contributed by atoms with Crippen molar-refractivity contribution in [3.63, 3.8) is 0 Å². The van der Waals surface area contributed by atoms with Gasteiger partial charge in [0.2, 0.25) is 5.89 Å². The fourth-order valence-electron chi connectivity index (χ4n) is 4.67. The number of rotatable bonds is 3. The van der Waals surface area contributed by atoms with Gasteiger partial charge in [-0.25, -0.2) is 9.78 Å². The fourth-order valence-corrected chi connectivity index (χ4v) is 4.67. The van der Waals surface area contributed by atoms with E-state index in [2.05, 4.69) is 34.6 Å². The lowest BCUT2D eigenvalue weighted by molar-refractivity contribution is 0.00695. The summed E-state index contributed by atoms with van der Waals surface area (Å²) in [5.41, 5.74) is 4.16. The number of benzene rings is 2. The molecule has 1 spiro atoms. The first-order valence-electron chi connectivity index (χ1n) is 10.8. The highest BCUT2D eigenvalue weighted by Crippen LogP contribution is 2.64.